The SMILES string of the molecule is Cc1oc([C@@H](C)N)nc1C(=O)O.Cl. The van der Waals surface area contributed by atoms with Gasteiger partial charge in [0, 0.05) is 0 Å². The van der Waals surface area contributed by atoms with Gasteiger partial charge >= 0.3 is 5.97 Å². The highest BCUT2D eigenvalue weighted by atomic mass is 35.5. The number of hydrogen-bond donors (Lipinski definition) is 2. The van der Waals surface area contributed by atoms with Crippen molar-refractivity contribution in [3.8, 4) is 0 Å². The van der Waals surface area contributed by atoms with Crippen molar-refractivity contribution in [2.45, 2.75) is 19.9 Å². The molecule has 1 aromatic rings. The Balaban J connectivity index is 0.00000144. The predicted molar refractivity (Wildman–Crippen MR) is 48.0 cm³/mol. The van der Waals surface area contributed by atoms with Crippen molar-refractivity contribution < 1.29 is 14.3 Å². The van der Waals surface area contributed by atoms with Crippen molar-refractivity contribution in [2.24, 2.45) is 5.73 Å². The van der Waals surface area contributed by atoms with E-state index in [9.17, 15) is 4.79 Å². The minimum absolute atomic E-state index is 0. The van der Waals surface area contributed by atoms with Crippen LogP contribution in [0.3, 0.4) is 0 Å². The highest BCUT2D eigenvalue weighted by Gasteiger charge is 2.17. The second-order valence-corrected chi connectivity index (χ2v) is 2.55. The Labute approximate surface area is 81.4 Å². The van der Waals surface area contributed by atoms with E-state index in [1.54, 1.807) is 13.8 Å². The quantitative estimate of drug-likeness (QED) is 0.757. The van der Waals surface area contributed by atoms with Crippen LogP contribution in [0.5, 0.6) is 0 Å². The number of aromatic carboxylic acids is 1. The maximum atomic E-state index is 10.5. The summed E-state index contributed by atoms with van der Waals surface area (Å²) in [6.45, 7) is 3.22. The number of aryl methyl sites for hydroxylation is 1. The Kier molecular flexibility index (Phi) is 3.90. The maximum absolute atomic E-state index is 10.5. The van der Waals surface area contributed by atoms with Crippen LogP contribution in [0.15, 0.2) is 4.42 Å². The minimum Gasteiger partial charge on any atom is -0.476 e. The van der Waals surface area contributed by atoms with E-state index >= 15 is 0 Å². The zero-order valence-corrected chi connectivity index (χ0v) is 8.09. The Morgan fingerprint density at radius 3 is 2.46 bits per heavy atom. The van der Waals surface area contributed by atoms with Gasteiger partial charge in [0.2, 0.25) is 5.89 Å². The van der Waals surface area contributed by atoms with Crippen molar-refractivity contribution in [1.29, 1.82) is 0 Å². The number of oxazole rings is 1. The van der Waals surface area contributed by atoms with Crippen LogP contribution < -0.4 is 5.73 Å². The van der Waals surface area contributed by atoms with Crippen molar-refractivity contribution in [3.63, 3.8) is 0 Å². The first-order chi connectivity index (χ1) is 5.52. The monoisotopic (exact) mass is 206 g/mol. The number of nitrogens with zero attached hydrogens (tertiary/aromatic N) is 1. The summed E-state index contributed by atoms with van der Waals surface area (Å²) in [7, 11) is 0. The third kappa shape index (κ3) is 2.43. The number of aromatic nitrogens is 1. The third-order valence-corrected chi connectivity index (χ3v) is 1.41. The summed E-state index contributed by atoms with van der Waals surface area (Å²) in [6, 6.07) is -0.378. The molecule has 0 saturated carbocycles. The fourth-order valence-electron chi connectivity index (χ4n) is 0.810. The molecule has 0 spiro atoms. The summed E-state index contributed by atoms with van der Waals surface area (Å²) in [6.07, 6.45) is 0. The van der Waals surface area contributed by atoms with Crippen LogP contribution in [0.1, 0.15) is 35.1 Å². The van der Waals surface area contributed by atoms with Gasteiger partial charge in [0.15, 0.2) is 5.69 Å². The second kappa shape index (κ2) is 4.25. The summed E-state index contributed by atoms with van der Waals surface area (Å²) in [5.74, 6) is -0.553. The van der Waals surface area contributed by atoms with E-state index in [1.807, 2.05) is 0 Å². The van der Waals surface area contributed by atoms with Crippen molar-refractivity contribution in [1.82, 2.24) is 4.98 Å². The van der Waals surface area contributed by atoms with Crippen molar-refractivity contribution in [2.75, 3.05) is 0 Å². The fraction of sp³-hybridized carbons (Fsp3) is 0.429. The van der Waals surface area contributed by atoms with Crippen LogP contribution in [-0.2, 0) is 0 Å². The van der Waals surface area contributed by atoms with Crippen LogP contribution in [0.2, 0.25) is 0 Å². The molecule has 1 atom stereocenters. The Hall–Kier alpha value is -1.07. The number of carboxylic acids is 1. The highest BCUT2D eigenvalue weighted by molar-refractivity contribution is 5.86. The third-order valence-electron chi connectivity index (χ3n) is 1.41. The lowest BCUT2D eigenvalue weighted by atomic mass is 10.3. The van der Waals surface area contributed by atoms with E-state index in [2.05, 4.69) is 4.98 Å². The van der Waals surface area contributed by atoms with Gasteiger partial charge in [0.05, 0.1) is 6.04 Å². The van der Waals surface area contributed by atoms with E-state index in [1.165, 1.54) is 0 Å². The van der Waals surface area contributed by atoms with Gasteiger partial charge in [-0.1, -0.05) is 0 Å². The molecule has 0 radical (unpaired) electrons. The topological polar surface area (TPSA) is 89.4 Å². The van der Waals surface area contributed by atoms with Gasteiger partial charge in [-0.2, -0.15) is 0 Å². The Morgan fingerprint density at radius 1 is 1.69 bits per heavy atom. The number of carbonyl (C=O) groups is 1. The summed E-state index contributed by atoms with van der Waals surface area (Å²) >= 11 is 0. The van der Waals surface area contributed by atoms with Gasteiger partial charge in [-0.3, -0.25) is 0 Å². The van der Waals surface area contributed by atoms with Gasteiger partial charge in [0.25, 0.3) is 0 Å². The van der Waals surface area contributed by atoms with Gasteiger partial charge in [-0.25, -0.2) is 9.78 Å². The van der Waals surface area contributed by atoms with Gasteiger partial charge in [-0.05, 0) is 13.8 Å². The summed E-state index contributed by atoms with van der Waals surface area (Å²) in [5, 5.41) is 8.60. The Bertz CT molecular complexity index is 309. The molecule has 13 heavy (non-hydrogen) atoms. The molecule has 1 rings (SSSR count). The lowest BCUT2D eigenvalue weighted by Crippen LogP contribution is -2.06. The number of halogens is 1. The maximum Gasteiger partial charge on any atom is 0.358 e. The molecule has 0 aliphatic heterocycles. The number of hydrogen-bond acceptors (Lipinski definition) is 4. The minimum atomic E-state index is -1.09. The second-order valence-electron chi connectivity index (χ2n) is 2.55. The van der Waals surface area contributed by atoms with Crippen LogP contribution in [0, 0.1) is 6.92 Å². The lowest BCUT2D eigenvalue weighted by molar-refractivity contribution is 0.0689. The molecule has 0 fully saturated rings. The fourth-order valence-corrected chi connectivity index (χ4v) is 0.810. The molecule has 0 aliphatic rings. The molecule has 74 valence electrons. The summed E-state index contributed by atoms with van der Waals surface area (Å²) in [5.41, 5.74) is 5.38. The average Bonchev–Trinajstić information content (AvgIpc) is 2.30. The predicted octanol–water partition coefficient (Wildman–Crippen LogP) is 1.12. The molecule has 0 aliphatic carbocycles. The molecule has 6 heteroatoms. The normalized spacial score (nSPS) is 11.9. The average molecular weight is 207 g/mol. The zero-order chi connectivity index (χ0) is 9.30. The van der Waals surface area contributed by atoms with Gasteiger partial charge in [-0.15, -0.1) is 12.4 Å². The molecule has 1 heterocycles. The van der Waals surface area contributed by atoms with Crippen LogP contribution in [0.25, 0.3) is 0 Å². The van der Waals surface area contributed by atoms with E-state index in [0.29, 0.717) is 0 Å². The van der Waals surface area contributed by atoms with Crippen molar-refractivity contribution in [3.05, 3.63) is 17.3 Å². The first kappa shape index (κ1) is 11.9. The molecule has 0 amide bonds. The highest BCUT2D eigenvalue weighted by Crippen LogP contribution is 2.14. The number of nitrogens with two attached hydrogens (primary N) is 1. The molecule has 5 nitrogen and oxygen atoms in total. The largest absolute Gasteiger partial charge is 0.476 e. The number of carboxylic acid groups (broad SMARTS) is 1. The molecule has 1 aromatic heterocycles. The van der Waals surface area contributed by atoms with Crippen LogP contribution in [-0.4, -0.2) is 16.1 Å². The van der Waals surface area contributed by atoms with Gasteiger partial charge < -0.3 is 15.3 Å². The Morgan fingerprint density at radius 2 is 2.23 bits per heavy atom. The molecule has 0 saturated heterocycles. The van der Waals surface area contributed by atoms with Crippen molar-refractivity contribution >= 4 is 18.4 Å². The van der Waals surface area contributed by atoms with E-state index in [0.717, 1.165) is 0 Å². The number of rotatable bonds is 2. The molecular formula is C7H11ClN2O3. The molecule has 0 unspecified atom stereocenters. The zero-order valence-electron chi connectivity index (χ0n) is 7.27. The van der Waals surface area contributed by atoms with E-state index in [-0.39, 0.29) is 35.8 Å². The first-order valence-electron chi connectivity index (χ1n) is 3.48. The standard InChI is InChI=1S/C7H10N2O3.ClH/c1-3(8)6-9-5(7(10)11)4(2)12-6;/h3H,8H2,1-2H3,(H,10,11);1H/t3-;/m1./s1. The van der Waals surface area contributed by atoms with Gasteiger partial charge in [0.1, 0.15) is 5.76 Å². The smallest absolute Gasteiger partial charge is 0.358 e. The van der Waals surface area contributed by atoms with E-state index < -0.39 is 5.97 Å². The van der Waals surface area contributed by atoms with Crippen LogP contribution >= 0.6 is 12.4 Å². The molecular weight excluding hydrogens is 196 g/mol. The molecule has 3 N–H and O–H groups in total. The molecule has 0 bridgehead atoms. The lowest BCUT2D eigenvalue weighted by Gasteiger charge is -1.94. The first-order valence-corrected chi connectivity index (χ1v) is 3.48. The molecule has 0 aromatic carbocycles. The summed E-state index contributed by atoms with van der Waals surface area (Å²) < 4.78 is 5.02. The van der Waals surface area contributed by atoms with Crippen LogP contribution in [0.4, 0.5) is 0 Å². The van der Waals surface area contributed by atoms with E-state index in [4.69, 9.17) is 15.3 Å². The summed E-state index contributed by atoms with van der Waals surface area (Å²) in [4.78, 5) is 14.2.